The molecule has 150 valence electrons. The Morgan fingerprint density at radius 2 is 1.70 bits per heavy atom. The predicted molar refractivity (Wildman–Crippen MR) is 107 cm³/mol. The van der Waals surface area contributed by atoms with Crippen molar-refractivity contribution in [2.75, 3.05) is 45.8 Å². The second-order valence-corrected chi connectivity index (χ2v) is 8.50. The van der Waals surface area contributed by atoms with Crippen LogP contribution in [0.25, 0.3) is 0 Å². The van der Waals surface area contributed by atoms with Crippen molar-refractivity contribution >= 4 is 18.1 Å². The number of nitrogens with zero attached hydrogens (tertiary/aromatic N) is 6. The maximum absolute atomic E-state index is 12.5. The molecule has 1 amide bonds. The summed E-state index contributed by atoms with van der Waals surface area (Å²) < 4.78 is 5.05. The SMILES string of the molecule is CCn1c(C2CC2)nn(CN2CCN(CC(=O)N3CCCCC3)CC2)c1=S. The van der Waals surface area contributed by atoms with Gasteiger partial charge in [-0.15, -0.1) is 0 Å². The molecule has 27 heavy (non-hydrogen) atoms. The van der Waals surface area contributed by atoms with Gasteiger partial charge in [0.25, 0.3) is 0 Å². The molecule has 0 radical (unpaired) electrons. The zero-order valence-electron chi connectivity index (χ0n) is 16.5. The van der Waals surface area contributed by atoms with Crippen molar-refractivity contribution in [3.05, 3.63) is 10.6 Å². The maximum atomic E-state index is 12.5. The van der Waals surface area contributed by atoms with Gasteiger partial charge in [-0.3, -0.25) is 14.6 Å². The third-order valence-corrected chi connectivity index (χ3v) is 6.51. The molecule has 0 atom stereocenters. The predicted octanol–water partition coefficient (Wildman–Crippen LogP) is 1.90. The zero-order chi connectivity index (χ0) is 18.8. The Balaban J connectivity index is 1.28. The van der Waals surface area contributed by atoms with Crippen molar-refractivity contribution in [1.29, 1.82) is 0 Å². The minimum atomic E-state index is 0.307. The maximum Gasteiger partial charge on any atom is 0.236 e. The molecule has 7 nitrogen and oxygen atoms in total. The molecule has 2 aliphatic heterocycles. The Morgan fingerprint density at radius 1 is 1.04 bits per heavy atom. The Labute approximate surface area is 166 Å². The van der Waals surface area contributed by atoms with E-state index in [0.717, 1.165) is 70.1 Å². The molecule has 0 unspecified atom stereocenters. The molecule has 1 saturated carbocycles. The molecule has 3 heterocycles. The van der Waals surface area contributed by atoms with Crippen LogP contribution in [0, 0.1) is 4.77 Å². The second kappa shape index (κ2) is 8.41. The monoisotopic (exact) mass is 392 g/mol. The van der Waals surface area contributed by atoms with Crippen molar-refractivity contribution in [3.63, 3.8) is 0 Å². The molecule has 8 heteroatoms. The average Bonchev–Trinajstić information content (AvgIpc) is 3.49. The summed E-state index contributed by atoms with van der Waals surface area (Å²) in [6.45, 7) is 10.1. The van der Waals surface area contributed by atoms with E-state index in [9.17, 15) is 4.79 Å². The normalized spacial score (nSPS) is 22.3. The van der Waals surface area contributed by atoms with Crippen molar-refractivity contribution < 1.29 is 4.79 Å². The van der Waals surface area contributed by atoms with Crippen LogP contribution in [0.5, 0.6) is 0 Å². The van der Waals surface area contributed by atoms with Crippen LogP contribution < -0.4 is 0 Å². The Morgan fingerprint density at radius 3 is 2.33 bits per heavy atom. The van der Waals surface area contributed by atoms with E-state index in [-0.39, 0.29) is 0 Å². The van der Waals surface area contributed by atoms with Crippen LogP contribution in [-0.2, 0) is 18.0 Å². The van der Waals surface area contributed by atoms with E-state index in [1.54, 1.807) is 0 Å². The van der Waals surface area contributed by atoms with Crippen LogP contribution in [0.1, 0.15) is 50.8 Å². The smallest absolute Gasteiger partial charge is 0.236 e. The van der Waals surface area contributed by atoms with Crippen molar-refractivity contribution in [2.45, 2.75) is 58.2 Å². The van der Waals surface area contributed by atoms with Crippen molar-refractivity contribution in [2.24, 2.45) is 0 Å². The third-order valence-electron chi connectivity index (χ3n) is 6.08. The molecule has 0 bridgehead atoms. The lowest BCUT2D eigenvalue weighted by Gasteiger charge is -2.35. The number of carbonyl (C=O) groups is 1. The van der Waals surface area contributed by atoms with Gasteiger partial charge in [0.2, 0.25) is 5.91 Å². The summed E-state index contributed by atoms with van der Waals surface area (Å²) in [6, 6.07) is 0. The number of likely N-dealkylation sites (tertiary alicyclic amines) is 1. The van der Waals surface area contributed by atoms with Gasteiger partial charge in [-0.05, 0) is 51.2 Å². The first-order chi connectivity index (χ1) is 13.2. The Hall–Kier alpha value is -1.25. The van der Waals surface area contributed by atoms with Gasteiger partial charge < -0.3 is 9.47 Å². The van der Waals surface area contributed by atoms with E-state index in [4.69, 9.17) is 17.3 Å². The Bertz CT molecular complexity index is 710. The van der Waals surface area contributed by atoms with E-state index in [0.29, 0.717) is 18.4 Å². The van der Waals surface area contributed by atoms with Gasteiger partial charge >= 0.3 is 0 Å². The highest BCUT2D eigenvalue weighted by Crippen LogP contribution is 2.39. The molecule has 3 fully saturated rings. The molecule has 0 spiro atoms. The molecule has 1 aromatic heterocycles. The first-order valence-corrected chi connectivity index (χ1v) is 11.0. The lowest BCUT2D eigenvalue weighted by molar-refractivity contribution is -0.133. The molecule has 0 aromatic carbocycles. The average molecular weight is 393 g/mol. The van der Waals surface area contributed by atoms with Gasteiger partial charge in [0.15, 0.2) is 4.77 Å². The van der Waals surface area contributed by atoms with Gasteiger partial charge in [0.05, 0.1) is 13.2 Å². The number of piperazine rings is 1. The number of carbonyl (C=O) groups excluding carboxylic acids is 1. The van der Waals surface area contributed by atoms with E-state index in [1.807, 2.05) is 9.58 Å². The molecule has 1 aromatic rings. The van der Waals surface area contributed by atoms with Crippen LogP contribution in [0.15, 0.2) is 0 Å². The van der Waals surface area contributed by atoms with Crippen LogP contribution in [0.3, 0.4) is 0 Å². The highest BCUT2D eigenvalue weighted by molar-refractivity contribution is 7.71. The highest BCUT2D eigenvalue weighted by Gasteiger charge is 2.30. The molecule has 2 saturated heterocycles. The summed E-state index contributed by atoms with van der Waals surface area (Å²) >= 11 is 5.66. The lowest BCUT2D eigenvalue weighted by Crippen LogP contribution is -2.50. The lowest BCUT2D eigenvalue weighted by atomic mass is 10.1. The van der Waals surface area contributed by atoms with E-state index in [1.165, 1.54) is 25.1 Å². The van der Waals surface area contributed by atoms with E-state index < -0.39 is 0 Å². The molecule has 3 aliphatic rings. The standard InChI is InChI=1S/C19H32N6OS/c1-2-24-18(16-6-7-16)20-25(19(24)27)15-22-12-10-21(11-13-22)14-17(26)23-8-4-3-5-9-23/h16H,2-15H2,1H3. The summed E-state index contributed by atoms with van der Waals surface area (Å²) in [5.41, 5.74) is 0. The minimum Gasteiger partial charge on any atom is -0.342 e. The first-order valence-electron chi connectivity index (χ1n) is 10.6. The highest BCUT2D eigenvalue weighted by atomic mass is 32.1. The summed E-state index contributed by atoms with van der Waals surface area (Å²) in [4.78, 5) is 19.2. The number of hydrogen-bond acceptors (Lipinski definition) is 5. The number of piperidine rings is 1. The topological polar surface area (TPSA) is 49.5 Å². The van der Waals surface area contributed by atoms with E-state index in [2.05, 4.69) is 21.3 Å². The molecule has 1 aliphatic carbocycles. The van der Waals surface area contributed by atoms with Gasteiger partial charge in [0, 0.05) is 51.7 Å². The molecular formula is C19H32N6OS. The van der Waals surface area contributed by atoms with E-state index >= 15 is 0 Å². The van der Waals surface area contributed by atoms with Crippen LogP contribution in [0.2, 0.25) is 0 Å². The quantitative estimate of drug-likeness (QED) is 0.692. The van der Waals surface area contributed by atoms with Crippen LogP contribution in [0.4, 0.5) is 0 Å². The summed E-state index contributed by atoms with van der Waals surface area (Å²) in [5, 5.41) is 4.82. The van der Waals surface area contributed by atoms with Crippen LogP contribution >= 0.6 is 12.2 Å². The third kappa shape index (κ3) is 4.43. The fraction of sp³-hybridized carbons (Fsp3) is 0.842. The summed E-state index contributed by atoms with van der Waals surface area (Å²) in [7, 11) is 0. The Kier molecular flexibility index (Phi) is 5.94. The number of amides is 1. The molecular weight excluding hydrogens is 360 g/mol. The number of rotatable bonds is 6. The molecule has 0 N–H and O–H groups in total. The minimum absolute atomic E-state index is 0.307. The zero-order valence-corrected chi connectivity index (χ0v) is 17.3. The summed E-state index contributed by atoms with van der Waals surface area (Å²) in [5.74, 6) is 2.10. The van der Waals surface area contributed by atoms with Crippen LogP contribution in [-0.4, -0.2) is 80.8 Å². The van der Waals surface area contributed by atoms with Crippen molar-refractivity contribution in [3.8, 4) is 0 Å². The fourth-order valence-electron chi connectivity index (χ4n) is 4.20. The number of aromatic nitrogens is 3. The molecule has 4 rings (SSSR count). The summed E-state index contributed by atoms with van der Waals surface area (Å²) in [6.07, 6.45) is 6.08. The van der Waals surface area contributed by atoms with Crippen molar-refractivity contribution in [1.82, 2.24) is 29.0 Å². The first kappa shape index (κ1) is 19.1. The van der Waals surface area contributed by atoms with Gasteiger partial charge in [-0.1, -0.05) is 0 Å². The van der Waals surface area contributed by atoms with Gasteiger partial charge in [0.1, 0.15) is 5.82 Å². The number of hydrogen-bond donors (Lipinski definition) is 0. The fourth-order valence-corrected chi connectivity index (χ4v) is 4.52. The second-order valence-electron chi connectivity index (χ2n) is 8.14. The largest absolute Gasteiger partial charge is 0.342 e. The van der Waals surface area contributed by atoms with Gasteiger partial charge in [-0.25, -0.2) is 4.68 Å². The van der Waals surface area contributed by atoms with Gasteiger partial charge in [-0.2, -0.15) is 5.10 Å².